The van der Waals surface area contributed by atoms with Crippen molar-refractivity contribution in [1.82, 2.24) is 19.9 Å². The summed E-state index contributed by atoms with van der Waals surface area (Å²) in [7, 11) is 1.77. The number of fused-ring (bicyclic) bond motifs is 1. The Labute approximate surface area is 198 Å². The number of nitrogens with one attached hydrogen (secondary N) is 2. The Morgan fingerprint density at radius 2 is 1.97 bits per heavy atom. The molecular weight excluding hydrogens is 436 g/mol. The van der Waals surface area contributed by atoms with Crippen LogP contribution in [0.2, 0.25) is 0 Å². The molecule has 0 aliphatic heterocycles. The van der Waals surface area contributed by atoms with E-state index < -0.39 is 0 Å². The van der Waals surface area contributed by atoms with Crippen molar-refractivity contribution in [3.63, 3.8) is 0 Å². The number of ether oxygens (including phenoxy) is 1. The van der Waals surface area contributed by atoms with Crippen molar-refractivity contribution in [2.75, 3.05) is 24.4 Å². The average Bonchev–Trinajstić information content (AvgIpc) is 3.53. The minimum absolute atomic E-state index is 0.185. The summed E-state index contributed by atoms with van der Waals surface area (Å²) in [6.45, 7) is 4.26. The maximum absolute atomic E-state index is 9.60. The van der Waals surface area contributed by atoms with E-state index in [9.17, 15) is 5.11 Å². The fourth-order valence-corrected chi connectivity index (χ4v) is 6.30. The summed E-state index contributed by atoms with van der Waals surface area (Å²) in [6, 6.07) is 2.50. The van der Waals surface area contributed by atoms with Gasteiger partial charge in [0.1, 0.15) is 16.3 Å². The standard InChI is InChI=1S/C24H32N6O2S/c1-13-20(23-29-21-14(2)25-10-9-19(21)33-23)22(27-16-8-7-15(11-16)12-31)30-24(26-13)28-17-5-4-6-18(17)32-3/h9-10,15-18,31H,4-8,11-12H2,1-3H3,(H2,26,27,28,30). The van der Waals surface area contributed by atoms with Gasteiger partial charge in [-0.05, 0) is 64.4 Å². The van der Waals surface area contributed by atoms with E-state index in [2.05, 4.69) is 15.6 Å². The summed E-state index contributed by atoms with van der Waals surface area (Å²) in [4.78, 5) is 19.1. The van der Waals surface area contributed by atoms with Crippen LogP contribution in [0.1, 0.15) is 49.9 Å². The molecule has 2 fully saturated rings. The van der Waals surface area contributed by atoms with E-state index in [0.717, 1.165) is 76.5 Å². The van der Waals surface area contributed by atoms with Crippen LogP contribution in [0.25, 0.3) is 20.8 Å². The first-order valence-electron chi connectivity index (χ1n) is 11.8. The molecule has 4 atom stereocenters. The smallest absolute Gasteiger partial charge is 0.225 e. The van der Waals surface area contributed by atoms with Crippen LogP contribution in [0.15, 0.2) is 12.3 Å². The second kappa shape index (κ2) is 9.48. The normalized spacial score (nSPS) is 25.1. The minimum Gasteiger partial charge on any atom is -0.396 e. The highest BCUT2D eigenvalue weighted by Gasteiger charge is 2.30. The van der Waals surface area contributed by atoms with Gasteiger partial charge in [-0.3, -0.25) is 4.98 Å². The van der Waals surface area contributed by atoms with E-state index in [-0.39, 0.29) is 24.8 Å². The first-order valence-corrected chi connectivity index (χ1v) is 12.6. The molecule has 176 valence electrons. The number of rotatable bonds is 7. The second-order valence-corrected chi connectivity index (χ2v) is 10.3. The molecule has 2 aliphatic rings. The van der Waals surface area contributed by atoms with Crippen molar-refractivity contribution in [3.05, 3.63) is 23.7 Å². The molecular formula is C24H32N6O2S. The van der Waals surface area contributed by atoms with Crippen LogP contribution in [-0.4, -0.2) is 56.9 Å². The number of aliphatic hydroxyl groups is 1. The van der Waals surface area contributed by atoms with Crippen molar-refractivity contribution in [2.45, 2.75) is 70.6 Å². The van der Waals surface area contributed by atoms with E-state index in [1.807, 2.05) is 26.1 Å². The molecule has 2 saturated carbocycles. The fraction of sp³-hybridized carbons (Fsp3) is 0.583. The third kappa shape index (κ3) is 4.54. The van der Waals surface area contributed by atoms with E-state index in [1.165, 1.54) is 0 Å². The Hall–Kier alpha value is -2.36. The summed E-state index contributed by atoms with van der Waals surface area (Å²) in [5.74, 6) is 1.79. The SMILES string of the molecule is COC1CCCC1Nc1nc(C)c(-c2nc3c(C)nccc3s2)c(NC2CCC(CO)C2)n1. The number of methoxy groups -OCH3 is 1. The number of aromatic nitrogens is 4. The third-order valence-corrected chi connectivity index (χ3v) is 8.04. The maximum atomic E-state index is 9.60. The van der Waals surface area contributed by atoms with Gasteiger partial charge in [0.25, 0.3) is 0 Å². The molecule has 33 heavy (non-hydrogen) atoms. The monoisotopic (exact) mass is 468 g/mol. The van der Waals surface area contributed by atoms with Gasteiger partial charge in [0, 0.05) is 26.0 Å². The molecule has 0 saturated heterocycles. The van der Waals surface area contributed by atoms with Crippen LogP contribution in [0.5, 0.6) is 0 Å². The highest BCUT2D eigenvalue weighted by atomic mass is 32.1. The molecule has 5 rings (SSSR count). The summed E-state index contributed by atoms with van der Waals surface area (Å²) < 4.78 is 6.77. The van der Waals surface area contributed by atoms with Gasteiger partial charge in [-0.25, -0.2) is 9.97 Å². The number of hydrogen-bond donors (Lipinski definition) is 3. The molecule has 0 spiro atoms. The Morgan fingerprint density at radius 3 is 2.73 bits per heavy atom. The molecule has 0 aromatic carbocycles. The Bertz CT molecular complexity index is 1140. The van der Waals surface area contributed by atoms with Crippen LogP contribution < -0.4 is 10.6 Å². The highest BCUT2D eigenvalue weighted by molar-refractivity contribution is 7.21. The number of pyridine rings is 1. The molecule has 0 amide bonds. The van der Waals surface area contributed by atoms with Gasteiger partial charge >= 0.3 is 0 Å². The zero-order valence-corrected chi connectivity index (χ0v) is 20.3. The van der Waals surface area contributed by atoms with Crippen molar-refractivity contribution in [2.24, 2.45) is 5.92 Å². The van der Waals surface area contributed by atoms with Gasteiger partial charge in [0.05, 0.1) is 33.8 Å². The van der Waals surface area contributed by atoms with Crippen LogP contribution in [0.4, 0.5) is 11.8 Å². The summed E-state index contributed by atoms with van der Waals surface area (Å²) in [5, 5.41) is 17.7. The van der Waals surface area contributed by atoms with E-state index in [4.69, 9.17) is 19.7 Å². The number of aryl methyl sites for hydroxylation is 2. The predicted octanol–water partition coefficient (Wildman–Crippen LogP) is 4.32. The number of aliphatic hydroxyl groups excluding tert-OH is 1. The van der Waals surface area contributed by atoms with Crippen molar-refractivity contribution >= 4 is 33.3 Å². The summed E-state index contributed by atoms with van der Waals surface area (Å²) in [6.07, 6.45) is 8.26. The molecule has 3 aromatic rings. The van der Waals surface area contributed by atoms with E-state index in [0.29, 0.717) is 11.9 Å². The van der Waals surface area contributed by atoms with Crippen molar-refractivity contribution < 1.29 is 9.84 Å². The van der Waals surface area contributed by atoms with Crippen LogP contribution in [-0.2, 0) is 4.74 Å². The van der Waals surface area contributed by atoms with Gasteiger partial charge in [0.15, 0.2) is 0 Å². The minimum atomic E-state index is 0.185. The van der Waals surface area contributed by atoms with Crippen LogP contribution in [0, 0.1) is 19.8 Å². The first-order chi connectivity index (χ1) is 16.1. The molecule has 0 bridgehead atoms. The zero-order chi connectivity index (χ0) is 22.9. The lowest BCUT2D eigenvalue weighted by molar-refractivity contribution is 0.101. The highest BCUT2D eigenvalue weighted by Crippen LogP contribution is 2.38. The third-order valence-electron chi connectivity index (χ3n) is 7.00. The Morgan fingerprint density at radius 1 is 1.09 bits per heavy atom. The molecule has 9 heteroatoms. The number of nitrogens with zero attached hydrogens (tertiary/aromatic N) is 4. The summed E-state index contributed by atoms with van der Waals surface area (Å²) in [5.41, 5.74) is 3.70. The Balaban J connectivity index is 1.52. The Kier molecular flexibility index (Phi) is 6.44. The lowest BCUT2D eigenvalue weighted by Crippen LogP contribution is -2.31. The number of anilines is 2. The maximum Gasteiger partial charge on any atom is 0.225 e. The molecule has 2 aliphatic carbocycles. The molecule has 3 heterocycles. The van der Waals surface area contributed by atoms with Gasteiger partial charge in [-0.2, -0.15) is 4.98 Å². The average molecular weight is 469 g/mol. The number of thiazole rings is 1. The first kappa shape index (κ1) is 22.4. The molecule has 8 nitrogen and oxygen atoms in total. The van der Waals surface area contributed by atoms with Gasteiger partial charge in [-0.1, -0.05) is 0 Å². The van der Waals surface area contributed by atoms with Crippen molar-refractivity contribution in [1.29, 1.82) is 0 Å². The van der Waals surface area contributed by atoms with Crippen molar-refractivity contribution in [3.8, 4) is 10.6 Å². The largest absolute Gasteiger partial charge is 0.396 e. The molecule has 4 unspecified atom stereocenters. The number of hydrogen-bond acceptors (Lipinski definition) is 9. The lowest BCUT2D eigenvalue weighted by atomic mass is 10.1. The lowest BCUT2D eigenvalue weighted by Gasteiger charge is -2.22. The zero-order valence-electron chi connectivity index (χ0n) is 19.5. The van der Waals surface area contributed by atoms with Crippen LogP contribution in [0.3, 0.4) is 0 Å². The summed E-state index contributed by atoms with van der Waals surface area (Å²) >= 11 is 1.65. The van der Waals surface area contributed by atoms with Gasteiger partial charge < -0.3 is 20.5 Å². The fourth-order valence-electron chi connectivity index (χ4n) is 5.19. The topological polar surface area (TPSA) is 105 Å². The molecule has 3 aromatic heterocycles. The quantitative estimate of drug-likeness (QED) is 0.471. The predicted molar refractivity (Wildman–Crippen MR) is 132 cm³/mol. The van der Waals surface area contributed by atoms with Gasteiger partial charge in [-0.15, -0.1) is 11.3 Å². The van der Waals surface area contributed by atoms with Crippen LogP contribution >= 0.6 is 11.3 Å². The van der Waals surface area contributed by atoms with E-state index in [1.54, 1.807) is 18.4 Å². The second-order valence-electron chi connectivity index (χ2n) is 9.28. The van der Waals surface area contributed by atoms with Gasteiger partial charge in [0.2, 0.25) is 5.95 Å². The van der Waals surface area contributed by atoms with E-state index >= 15 is 0 Å². The molecule has 3 N–H and O–H groups in total. The molecule has 0 radical (unpaired) electrons.